The Morgan fingerprint density at radius 2 is 1.94 bits per heavy atom. The second kappa shape index (κ2) is 5.53. The van der Waals surface area contributed by atoms with Crippen LogP contribution in [0.4, 0.5) is 0 Å². The van der Waals surface area contributed by atoms with Crippen molar-refractivity contribution in [3.63, 3.8) is 0 Å². The van der Waals surface area contributed by atoms with Gasteiger partial charge in [0.05, 0.1) is 7.11 Å². The number of hydrogen-bond acceptors (Lipinski definition) is 3. The second-order valence-corrected chi connectivity index (χ2v) is 5.02. The van der Waals surface area contributed by atoms with Gasteiger partial charge in [-0.2, -0.15) is 0 Å². The van der Waals surface area contributed by atoms with Crippen molar-refractivity contribution in [1.82, 2.24) is 0 Å². The van der Waals surface area contributed by atoms with Crippen molar-refractivity contribution in [3.05, 3.63) is 34.9 Å². The molecule has 4 heteroatoms. The van der Waals surface area contributed by atoms with Gasteiger partial charge in [0.25, 0.3) is 0 Å². The predicted molar refractivity (Wildman–Crippen MR) is 68.4 cm³/mol. The van der Waals surface area contributed by atoms with E-state index < -0.39 is 11.9 Å². The van der Waals surface area contributed by atoms with E-state index in [1.807, 2.05) is 12.1 Å². The number of esters is 1. The highest BCUT2D eigenvalue weighted by Crippen LogP contribution is 2.33. The van der Waals surface area contributed by atoms with Gasteiger partial charge in [-0.05, 0) is 37.0 Å². The lowest BCUT2D eigenvalue weighted by Gasteiger charge is -2.13. The molecule has 2 rings (SSSR count). The molecule has 1 saturated carbocycles. The molecular weight excluding hydrogens is 252 g/mol. The molecule has 0 aliphatic heterocycles. The number of Topliss-reactive ketones (excluding diaryl/α,β-unsaturated/α-hetero) is 1. The maximum absolute atomic E-state index is 12.1. The van der Waals surface area contributed by atoms with Crippen LogP contribution >= 0.6 is 11.6 Å². The average Bonchev–Trinajstić information content (AvgIpc) is 3.20. The van der Waals surface area contributed by atoms with Gasteiger partial charge < -0.3 is 4.74 Å². The summed E-state index contributed by atoms with van der Waals surface area (Å²) in [6, 6.07) is 7.18. The number of halogens is 1. The van der Waals surface area contributed by atoms with E-state index in [9.17, 15) is 9.59 Å². The number of rotatable bonds is 5. The van der Waals surface area contributed by atoms with E-state index in [0.717, 1.165) is 18.4 Å². The Bertz CT molecular complexity index is 449. The van der Waals surface area contributed by atoms with E-state index in [-0.39, 0.29) is 11.7 Å². The Balaban J connectivity index is 2.11. The first-order valence-electron chi connectivity index (χ1n) is 5.98. The molecular formula is C14H15ClO3. The van der Waals surface area contributed by atoms with Crippen LogP contribution < -0.4 is 0 Å². The molecule has 1 aromatic rings. The van der Waals surface area contributed by atoms with E-state index in [0.29, 0.717) is 11.4 Å². The Kier molecular flexibility index (Phi) is 4.02. The van der Waals surface area contributed by atoms with Crippen molar-refractivity contribution < 1.29 is 14.3 Å². The summed E-state index contributed by atoms with van der Waals surface area (Å²) in [5, 5.41) is 0.641. The summed E-state index contributed by atoms with van der Waals surface area (Å²) in [4.78, 5) is 23.7. The first kappa shape index (κ1) is 13.1. The van der Waals surface area contributed by atoms with E-state index >= 15 is 0 Å². The normalized spacial score (nSPS) is 16.1. The SMILES string of the molecule is COC(=O)C(Cc1ccc(Cl)cc1)C(=O)C1CC1. The van der Waals surface area contributed by atoms with E-state index in [1.165, 1.54) is 7.11 Å². The van der Waals surface area contributed by atoms with Crippen molar-refractivity contribution in [2.45, 2.75) is 19.3 Å². The summed E-state index contributed by atoms with van der Waals surface area (Å²) < 4.78 is 4.72. The largest absolute Gasteiger partial charge is 0.468 e. The van der Waals surface area contributed by atoms with Crippen LogP contribution in [0.3, 0.4) is 0 Å². The molecule has 18 heavy (non-hydrogen) atoms. The average molecular weight is 267 g/mol. The van der Waals surface area contributed by atoms with Crippen molar-refractivity contribution in [2.24, 2.45) is 11.8 Å². The molecule has 1 unspecified atom stereocenters. The van der Waals surface area contributed by atoms with Gasteiger partial charge in [-0.3, -0.25) is 9.59 Å². The summed E-state index contributed by atoms with van der Waals surface area (Å²) in [6.07, 6.45) is 2.18. The quantitative estimate of drug-likeness (QED) is 0.608. The smallest absolute Gasteiger partial charge is 0.316 e. The van der Waals surface area contributed by atoms with E-state index in [4.69, 9.17) is 16.3 Å². The minimum atomic E-state index is -0.677. The number of benzene rings is 1. The molecule has 0 N–H and O–H groups in total. The van der Waals surface area contributed by atoms with Gasteiger partial charge >= 0.3 is 5.97 Å². The van der Waals surface area contributed by atoms with Gasteiger partial charge in [-0.15, -0.1) is 0 Å². The third kappa shape index (κ3) is 3.10. The Hall–Kier alpha value is -1.35. The van der Waals surface area contributed by atoms with Crippen molar-refractivity contribution >= 4 is 23.4 Å². The molecule has 1 aliphatic carbocycles. The standard InChI is InChI=1S/C14H15ClO3/c1-18-14(17)12(13(16)10-4-5-10)8-9-2-6-11(15)7-3-9/h2-3,6-7,10,12H,4-5,8H2,1H3. The van der Waals surface area contributed by atoms with Crippen molar-refractivity contribution in [2.75, 3.05) is 7.11 Å². The number of carbonyl (C=O) groups excluding carboxylic acids is 2. The van der Waals surface area contributed by atoms with Crippen LogP contribution in [0.1, 0.15) is 18.4 Å². The first-order chi connectivity index (χ1) is 8.61. The highest BCUT2D eigenvalue weighted by molar-refractivity contribution is 6.30. The van der Waals surface area contributed by atoms with Crippen LogP contribution in [0.2, 0.25) is 5.02 Å². The summed E-state index contributed by atoms with van der Waals surface area (Å²) in [7, 11) is 1.32. The molecule has 0 radical (unpaired) electrons. The summed E-state index contributed by atoms with van der Waals surface area (Å²) in [6.45, 7) is 0. The molecule has 1 aliphatic rings. The van der Waals surface area contributed by atoms with Crippen LogP contribution in [0.5, 0.6) is 0 Å². The van der Waals surface area contributed by atoms with Gasteiger partial charge in [0, 0.05) is 10.9 Å². The Labute approximate surface area is 111 Å². The summed E-state index contributed by atoms with van der Waals surface area (Å²) in [5.74, 6) is -1.05. The molecule has 0 bridgehead atoms. The first-order valence-corrected chi connectivity index (χ1v) is 6.35. The minimum absolute atomic E-state index is 0.0109. The Morgan fingerprint density at radius 1 is 1.33 bits per heavy atom. The van der Waals surface area contributed by atoms with Crippen LogP contribution in [-0.4, -0.2) is 18.9 Å². The fourth-order valence-corrected chi connectivity index (χ4v) is 2.08. The van der Waals surface area contributed by atoms with Gasteiger partial charge in [-0.25, -0.2) is 0 Å². The number of methoxy groups -OCH3 is 1. The number of carbonyl (C=O) groups is 2. The molecule has 96 valence electrons. The van der Waals surface area contributed by atoms with Crippen LogP contribution in [0.15, 0.2) is 24.3 Å². The fraction of sp³-hybridized carbons (Fsp3) is 0.429. The molecule has 0 saturated heterocycles. The van der Waals surface area contributed by atoms with Gasteiger partial charge in [-0.1, -0.05) is 23.7 Å². The molecule has 0 heterocycles. The molecule has 1 aromatic carbocycles. The molecule has 3 nitrogen and oxygen atoms in total. The lowest BCUT2D eigenvalue weighted by atomic mass is 9.93. The molecule has 0 amide bonds. The molecule has 0 spiro atoms. The van der Waals surface area contributed by atoms with Crippen LogP contribution in [0.25, 0.3) is 0 Å². The lowest BCUT2D eigenvalue weighted by Crippen LogP contribution is -2.28. The molecule has 1 atom stereocenters. The second-order valence-electron chi connectivity index (χ2n) is 4.58. The van der Waals surface area contributed by atoms with Gasteiger partial charge in [0.15, 0.2) is 5.78 Å². The van der Waals surface area contributed by atoms with Crippen molar-refractivity contribution in [3.8, 4) is 0 Å². The van der Waals surface area contributed by atoms with Crippen molar-refractivity contribution in [1.29, 1.82) is 0 Å². The fourth-order valence-electron chi connectivity index (χ4n) is 1.95. The van der Waals surface area contributed by atoms with E-state index in [2.05, 4.69) is 0 Å². The maximum Gasteiger partial charge on any atom is 0.316 e. The third-order valence-corrected chi connectivity index (χ3v) is 3.41. The zero-order valence-corrected chi connectivity index (χ0v) is 10.9. The highest BCUT2D eigenvalue weighted by atomic mass is 35.5. The Morgan fingerprint density at radius 3 is 2.44 bits per heavy atom. The predicted octanol–water partition coefficient (Wildman–Crippen LogP) is 2.65. The highest BCUT2D eigenvalue weighted by Gasteiger charge is 2.38. The third-order valence-electron chi connectivity index (χ3n) is 3.16. The minimum Gasteiger partial charge on any atom is -0.468 e. The number of ether oxygens (including phenoxy) is 1. The van der Waals surface area contributed by atoms with Crippen LogP contribution in [0, 0.1) is 11.8 Å². The number of hydrogen-bond donors (Lipinski definition) is 0. The zero-order chi connectivity index (χ0) is 13.1. The van der Waals surface area contributed by atoms with Crippen LogP contribution in [-0.2, 0) is 20.7 Å². The van der Waals surface area contributed by atoms with Gasteiger partial charge in [0.1, 0.15) is 5.92 Å². The molecule has 0 aromatic heterocycles. The maximum atomic E-state index is 12.1. The van der Waals surface area contributed by atoms with Gasteiger partial charge in [0.2, 0.25) is 0 Å². The topological polar surface area (TPSA) is 43.4 Å². The molecule has 1 fully saturated rings. The summed E-state index contributed by atoms with van der Waals surface area (Å²) >= 11 is 5.80. The number of ketones is 1. The lowest BCUT2D eigenvalue weighted by molar-refractivity contribution is -0.149. The van der Waals surface area contributed by atoms with E-state index in [1.54, 1.807) is 12.1 Å². The zero-order valence-electron chi connectivity index (χ0n) is 10.2. The monoisotopic (exact) mass is 266 g/mol. The summed E-state index contributed by atoms with van der Waals surface area (Å²) in [5.41, 5.74) is 0.920.